The van der Waals surface area contributed by atoms with Crippen LogP contribution >= 0.6 is 23.1 Å². The van der Waals surface area contributed by atoms with Gasteiger partial charge in [0.1, 0.15) is 11.2 Å². The smallest absolute Gasteiger partial charge is 0.204 e. The first kappa shape index (κ1) is 19.9. The highest BCUT2D eigenvalue weighted by Gasteiger charge is 2.24. The summed E-state index contributed by atoms with van der Waals surface area (Å²) in [6, 6.07) is 3.58. The third kappa shape index (κ3) is 4.72. The Kier molecular flexibility index (Phi) is 6.93. The van der Waals surface area contributed by atoms with Crippen LogP contribution in [0.3, 0.4) is 0 Å². The molecular weight excluding hydrogens is 378 g/mol. The minimum atomic E-state index is -0.00566. The molecule has 142 valence electrons. The van der Waals surface area contributed by atoms with Gasteiger partial charge < -0.3 is 5.11 Å². The molecule has 5 nitrogen and oxygen atoms in total. The lowest BCUT2D eigenvalue weighted by Crippen LogP contribution is -2.15. The van der Waals surface area contributed by atoms with Crippen LogP contribution in [0.1, 0.15) is 41.1 Å². The molecule has 27 heavy (non-hydrogen) atoms. The van der Waals surface area contributed by atoms with E-state index < -0.39 is 0 Å². The molecule has 3 heterocycles. The third-order valence-electron chi connectivity index (χ3n) is 4.61. The average molecular weight is 402 g/mol. The average Bonchev–Trinajstić information content (AvgIpc) is 3.06. The van der Waals surface area contributed by atoms with Gasteiger partial charge in [-0.15, -0.1) is 11.3 Å². The fraction of sp³-hybridized carbons (Fsp3) is 0.400. The monoisotopic (exact) mass is 401 g/mol. The Morgan fingerprint density at radius 3 is 2.89 bits per heavy atom. The van der Waals surface area contributed by atoms with Crippen molar-refractivity contribution < 1.29 is 9.90 Å². The lowest BCUT2D eigenvalue weighted by molar-refractivity contribution is 0.104. The molecule has 0 saturated carbocycles. The standard InChI is InChI=1S/C20H23N3O2S2/c1-13(14(2)26-8-4-7-24)9-16-17-11-22-12-23-20(17)27-19(16)18(25)15-5-3-6-21-10-15/h3,5-6,10-14,24H,4,7-9H2,1-2H3. The van der Waals surface area contributed by atoms with E-state index in [0.29, 0.717) is 16.7 Å². The third-order valence-corrected chi connectivity index (χ3v) is 7.28. The maximum Gasteiger partial charge on any atom is 0.204 e. The number of hydrogen-bond donors (Lipinski definition) is 1. The van der Waals surface area contributed by atoms with Crippen molar-refractivity contribution in [3.63, 3.8) is 0 Å². The number of hydrogen-bond acceptors (Lipinski definition) is 7. The maximum atomic E-state index is 13.1. The van der Waals surface area contributed by atoms with Gasteiger partial charge in [0, 0.05) is 41.4 Å². The molecule has 3 aromatic heterocycles. The molecule has 0 spiro atoms. The fourth-order valence-corrected chi connectivity index (χ4v) is 5.09. The Bertz CT molecular complexity index is 899. The van der Waals surface area contributed by atoms with E-state index in [1.54, 1.807) is 24.5 Å². The zero-order valence-electron chi connectivity index (χ0n) is 15.5. The van der Waals surface area contributed by atoms with Gasteiger partial charge >= 0.3 is 0 Å². The lowest BCUT2D eigenvalue weighted by Gasteiger charge is -2.20. The number of carbonyl (C=O) groups is 1. The second-order valence-electron chi connectivity index (χ2n) is 6.56. The first-order valence-electron chi connectivity index (χ1n) is 9.00. The van der Waals surface area contributed by atoms with Gasteiger partial charge in [-0.2, -0.15) is 11.8 Å². The van der Waals surface area contributed by atoms with Gasteiger partial charge in [0.2, 0.25) is 5.78 Å². The number of rotatable bonds is 9. The van der Waals surface area contributed by atoms with Gasteiger partial charge in [-0.25, -0.2) is 9.97 Å². The number of thiophene rings is 1. The summed E-state index contributed by atoms with van der Waals surface area (Å²) < 4.78 is 0. The minimum Gasteiger partial charge on any atom is -0.396 e. The Balaban J connectivity index is 1.90. The topological polar surface area (TPSA) is 76.0 Å². The number of thioether (sulfide) groups is 1. The summed E-state index contributed by atoms with van der Waals surface area (Å²) in [6.45, 7) is 4.65. The van der Waals surface area contributed by atoms with Gasteiger partial charge in [0.15, 0.2) is 0 Å². The molecule has 2 atom stereocenters. The highest BCUT2D eigenvalue weighted by molar-refractivity contribution is 7.99. The van der Waals surface area contributed by atoms with Crippen molar-refractivity contribution in [2.45, 2.75) is 31.9 Å². The van der Waals surface area contributed by atoms with E-state index >= 15 is 0 Å². The van der Waals surface area contributed by atoms with Crippen LogP contribution in [0.25, 0.3) is 10.2 Å². The summed E-state index contributed by atoms with van der Waals surface area (Å²) in [6.07, 6.45) is 8.21. The van der Waals surface area contributed by atoms with Crippen LogP contribution in [0.4, 0.5) is 0 Å². The highest BCUT2D eigenvalue weighted by atomic mass is 32.2. The molecule has 7 heteroatoms. The number of aliphatic hydroxyl groups excluding tert-OH is 1. The van der Waals surface area contributed by atoms with Crippen LogP contribution in [0.5, 0.6) is 0 Å². The number of fused-ring (bicyclic) bond motifs is 1. The molecule has 0 amide bonds. The second kappa shape index (κ2) is 9.39. The largest absolute Gasteiger partial charge is 0.396 e. The van der Waals surface area contributed by atoms with Crippen molar-refractivity contribution in [3.8, 4) is 0 Å². The second-order valence-corrected chi connectivity index (χ2v) is 9.04. The Morgan fingerprint density at radius 1 is 1.30 bits per heavy atom. The van der Waals surface area contributed by atoms with E-state index in [-0.39, 0.29) is 12.4 Å². The molecule has 0 aromatic carbocycles. The molecule has 0 aliphatic carbocycles. The number of ketones is 1. The molecule has 3 aromatic rings. The van der Waals surface area contributed by atoms with Crippen LogP contribution in [0.15, 0.2) is 37.1 Å². The van der Waals surface area contributed by atoms with Crippen molar-refractivity contribution in [1.29, 1.82) is 0 Å². The molecule has 0 aliphatic rings. The molecule has 0 fully saturated rings. The first-order valence-corrected chi connectivity index (χ1v) is 10.9. The van der Waals surface area contributed by atoms with E-state index in [2.05, 4.69) is 28.8 Å². The number of aromatic nitrogens is 3. The van der Waals surface area contributed by atoms with Crippen molar-refractivity contribution in [2.75, 3.05) is 12.4 Å². The molecule has 1 N–H and O–H groups in total. The summed E-state index contributed by atoms with van der Waals surface area (Å²) in [5.74, 6) is 1.32. The molecule has 2 unspecified atom stereocenters. The summed E-state index contributed by atoms with van der Waals surface area (Å²) >= 11 is 3.30. The molecule has 0 saturated heterocycles. The quantitative estimate of drug-likeness (QED) is 0.431. The predicted octanol–water partition coefficient (Wildman–Crippen LogP) is 4.00. The lowest BCUT2D eigenvalue weighted by atomic mass is 9.95. The van der Waals surface area contributed by atoms with Gasteiger partial charge in [0.25, 0.3) is 0 Å². The summed E-state index contributed by atoms with van der Waals surface area (Å²) in [7, 11) is 0. The van der Waals surface area contributed by atoms with Crippen molar-refractivity contribution in [3.05, 3.63) is 53.1 Å². The minimum absolute atomic E-state index is 0.00566. The van der Waals surface area contributed by atoms with Crippen molar-refractivity contribution >= 4 is 39.1 Å². The normalized spacial score (nSPS) is 13.6. The maximum absolute atomic E-state index is 13.1. The van der Waals surface area contributed by atoms with Crippen LogP contribution < -0.4 is 0 Å². The van der Waals surface area contributed by atoms with Gasteiger partial charge in [-0.3, -0.25) is 9.78 Å². The number of pyridine rings is 1. The molecule has 0 aliphatic heterocycles. The molecule has 3 rings (SSSR count). The number of nitrogens with zero attached hydrogens (tertiary/aromatic N) is 3. The zero-order valence-corrected chi connectivity index (χ0v) is 17.1. The van der Waals surface area contributed by atoms with Crippen LogP contribution in [0, 0.1) is 5.92 Å². The zero-order chi connectivity index (χ0) is 19.2. The van der Waals surface area contributed by atoms with E-state index in [1.165, 1.54) is 17.7 Å². The number of aliphatic hydroxyl groups is 1. The van der Waals surface area contributed by atoms with Crippen LogP contribution in [0.2, 0.25) is 0 Å². The molecule has 0 radical (unpaired) electrons. The molecular formula is C20H23N3O2S2. The highest BCUT2D eigenvalue weighted by Crippen LogP contribution is 2.34. The van der Waals surface area contributed by atoms with E-state index in [1.807, 2.05) is 18.0 Å². The Labute approximate surface area is 167 Å². The summed E-state index contributed by atoms with van der Waals surface area (Å²) in [5, 5.41) is 10.4. The fourth-order valence-electron chi connectivity index (χ4n) is 2.89. The van der Waals surface area contributed by atoms with Crippen molar-refractivity contribution in [1.82, 2.24) is 15.0 Å². The SMILES string of the molecule is CC(Cc1c(C(=O)c2cccnc2)sc2ncncc12)C(C)SCCCO. The Hall–Kier alpha value is -1.83. The van der Waals surface area contributed by atoms with Crippen molar-refractivity contribution in [2.24, 2.45) is 5.92 Å². The summed E-state index contributed by atoms with van der Waals surface area (Å²) in [4.78, 5) is 27.3. The van der Waals surface area contributed by atoms with Crippen LogP contribution in [-0.2, 0) is 6.42 Å². The van der Waals surface area contributed by atoms with E-state index in [0.717, 1.165) is 39.3 Å². The van der Waals surface area contributed by atoms with E-state index in [9.17, 15) is 4.79 Å². The first-order chi connectivity index (χ1) is 13.1. The predicted molar refractivity (Wildman–Crippen MR) is 112 cm³/mol. The van der Waals surface area contributed by atoms with E-state index in [4.69, 9.17) is 5.11 Å². The number of carbonyl (C=O) groups excluding carboxylic acids is 1. The Morgan fingerprint density at radius 2 is 2.15 bits per heavy atom. The van der Waals surface area contributed by atoms with Gasteiger partial charge in [0.05, 0.1) is 4.88 Å². The van der Waals surface area contributed by atoms with Gasteiger partial charge in [-0.1, -0.05) is 13.8 Å². The van der Waals surface area contributed by atoms with Crippen LogP contribution in [-0.4, -0.2) is 43.5 Å². The summed E-state index contributed by atoms with van der Waals surface area (Å²) in [5.41, 5.74) is 1.63. The molecule has 0 bridgehead atoms. The van der Waals surface area contributed by atoms with Gasteiger partial charge in [-0.05, 0) is 42.2 Å².